The molecule has 0 amide bonds. The number of piperazine rings is 1. The Labute approximate surface area is 111 Å². The molecule has 0 aliphatic carbocycles. The first-order chi connectivity index (χ1) is 8.10. The van der Waals surface area contributed by atoms with E-state index in [2.05, 4.69) is 52.1 Å². The zero-order valence-electron chi connectivity index (χ0n) is 10.5. The highest BCUT2D eigenvalue weighted by atomic mass is 79.9. The van der Waals surface area contributed by atoms with Crippen LogP contribution in [0.3, 0.4) is 0 Å². The molecule has 0 saturated carbocycles. The Morgan fingerprint density at radius 3 is 2.82 bits per heavy atom. The first-order valence-corrected chi connectivity index (χ1v) is 6.74. The SMILES string of the molecule is COc1cc(Br)cc(N2CC(C)NCC2C)c1. The molecule has 2 rings (SSSR count). The van der Waals surface area contributed by atoms with Gasteiger partial charge in [-0.25, -0.2) is 0 Å². The van der Waals surface area contributed by atoms with E-state index in [4.69, 9.17) is 4.74 Å². The molecular weight excluding hydrogens is 280 g/mol. The summed E-state index contributed by atoms with van der Waals surface area (Å²) >= 11 is 3.53. The lowest BCUT2D eigenvalue weighted by molar-refractivity contribution is 0.410. The molecule has 3 nitrogen and oxygen atoms in total. The molecule has 1 aliphatic heterocycles. The molecule has 2 atom stereocenters. The number of hydrogen-bond donors (Lipinski definition) is 1. The summed E-state index contributed by atoms with van der Waals surface area (Å²) in [7, 11) is 1.70. The van der Waals surface area contributed by atoms with E-state index in [-0.39, 0.29) is 0 Å². The normalized spacial score (nSPS) is 24.8. The predicted octanol–water partition coefficient (Wildman–Crippen LogP) is 2.64. The van der Waals surface area contributed by atoms with Crippen LogP contribution >= 0.6 is 15.9 Å². The maximum Gasteiger partial charge on any atom is 0.122 e. The second kappa shape index (κ2) is 5.27. The molecule has 1 aliphatic rings. The number of hydrogen-bond acceptors (Lipinski definition) is 3. The van der Waals surface area contributed by atoms with E-state index >= 15 is 0 Å². The molecule has 0 aromatic heterocycles. The van der Waals surface area contributed by atoms with Crippen LogP contribution in [0.25, 0.3) is 0 Å². The standard InChI is InChI=1S/C13H19BrN2O/c1-9-8-16(10(2)7-15-9)12-4-11(14)5-13(6-12)17-3/h4-6,9-10,15H,7-8H2,1-3H3. The van der Waals surface area contributed by atoms with Gasteiger partial charge in [0.2, 0.25) is 0 Å². The molecule has 1 fully saturated rings. The van der Waals surface area contributed by atoms with Gasteiger partial charge in [0.15, 0.2) is 0 Å². The number of nitrogens with one attached hydrogen (secondary N) is 1. The predicted molar refractivity (Wildman–Crippen MR) is 75.0 cm³/mol. The number of halogens is 1. The van der Waals surface area contributed by atoms with Gasteiger partial charge in [0.05, 0.1) is 7.11 Å². The van der Waals surface area contributed by atoms with Crippen molar-refractivity contribution in [1.29, 1.82) is 0 Å². The summed E-state index contributed by atoms with van der Waals surface area (Å²) in [6.45, 7) is 6.51. The summed E-state index contributed by atoms with van der Waals surface area (Å²) in [5, 5.41) is 3.49. The Morgan fingerprint density at radius 1 is 1.35 bits per heavy atom. The van der Waals surface area contributed by atoms with E-state index in [0.29, 0.717) is 12.1 Å². The summed E-state index contributed by atoms with van der Waals surface area (Å²) in [5.41, 5.74) is 1.22. The van der Waals surface area contributed by atoms with Crippen molar-refractivity contribution in [3.8, 4) is 5.75 Å². The second-order valence-electron chi connectivity index (χ2n) is 4.66. The van der Waals surface area contributed by atoms with Crippen LogP contribution in [-0.2, 0) is 0 Å². The van der Waals surface area contributed by atoms with Gasteiger partial charge in [-0.2, -0.15) is 0 Å². The molecule has 0 radical (unpaired) electrons. The number of methoxy groups -OCH3 is 1. The highest BCUT2D eigenvalue weighted by Gasteiger charge is 2.23. The maximum absolute atomic E-state index is 5.32. The second-order valence-corrected chi connectivity index (χ2v) is 5.58. The van der Waals surface area contributed by atoms with Gasteiger partial charge < -0.3 is 15.0 Å². The van der Waals surface area contributed by atoms with E-state index in [1.807, 2.05) is 6.07 Å². The van der Waals surface area contributed by atoms with Crippen molar-refractivity contribution < 1.29 is 4.74 Å². The summed E-state index contributed by atoms with van der Waals surface area (Å²) in [6.07, 6.45) is 0. The number of rotatable bonds is 2. The number of anilines is 1. The number of nitrogens with zero attached hydrogens (tertiary/aromatic N) is 1. The van der Waals surface area contributed by atoms with E-state index in [0.717, 1.165) is 23.3 Å². The van der Waals surface area contributed by atoms with Gasteiger partial charge in [-0.3, -0.25) is 0 Å². The Morgan fingerprint density at radius 2 is 2.12 bits per heavy atom. The molecule has 1 heterocycles. The Hall–Kier alpha value is -0.740. The molecule has 2 unspecified atom stereocenters. The Balaban J connectivity index is 2.28. The highest BCUT2D eigenvalue weighted by Crippen LogP contribution is 2.29. The van der Waals surface area contributed by atoms with Crippen molar-refractivity contribution in [2.75, 3.05) is 25.1 Å². The van der Waals surface area contributed by atoms with Crippen LogP contribution < -0.4 is 15.0 Å². The van der Waals surface area contributed by atoms with Crippen molar-refractivity contribution in [3.05, 3.63) is 22.7 Å². The summed E-state index contributed by atoms with van der Waals surface area (Å²) in [6, 6.07) is 7.26. The Bertz CT molecular complexity index is 397. The summed E-state index contributed by atoms with van der Waals surface area (Å²) in [4.78, 5) is 2.43. The van der Waals surface area contributed by atoms with E-state index in [9.17, 15) is 0 Å². The maximum atomic E-state index is 5.32. The van der Waals surface area contributed by atoms with Crippen molar-refractivity contribution in [3.63, 3.8) is 0 Å². The first-order valence-electron chi connectivity index (χ1n) is 5.94. The van der Waals surface area contributed by atoms with E-state index < -0.39 is 0 Å². The Kier molecular flexibility index (Phi) is 3.94. The average molecular weight is 299 g/mol. The molecular formula is C13H19BrN2O. The lowest BCUT2D eigenvalue weighted by Crippen LogP contribution is -2.54. The van der Waals surface area contributed by atoms with Crippen molar-refractivity contribution in [1.82, 2.24) is 5.32 Å². The molecule has 1 aromatic rings. The fourth-order valence-corrected chi connectivity index (χ4v) is 2.67. The zero-order valence-corrected chi connectivity index (χ0v) is 12.1. The van der Waals surface area contributed by atoms with Gasteiger partial charge in [0, 0.05) is 41.4 Å². The van der Waals surface area contributed by atoms with Gasteiger partial charge in [-0.1, -0.05) is 15.9 Å². The van der Waals surface area contributed by atoms with Crippen molar-refractivity contribution >= 4 is 21.6 Å². The average Bonchev–Trinajstić information content (AvgIpc) is 2.31. The third-order valence-electron chi connectivity index (χ3n) is 3.19. The minimum Gasteiger partial charge on any atom is -0.497 e. The third-order valence-corrected chi connectivity index (χ3v) is 3.65. The largest absolute Gasteiger partial charge is 0.497 e. The van der Waals surface area contributed by atoms with Crippen LogP contribution in [0.4, 0.5) is 5.69 Å². The molecule has 4 heteroatoms. The smallest absolute Gasteiger partial charge is 0.122 e. The molecule has 1 N–H and O–H groups in total. The van der Waals surface area contributed by atoms with Gasteiger partial charge in [0.25, 0.3) is 0 Å². The molecule has 0 bridgehead atoms. The van der Waals surface area contributed by atoms with Crippen LogP contribution in [0.5, 0.6) is 5.75 Å². The number of ether oxygens (including phenoxy) is 1. The topological polar surface area (TPSA) is 24.5 Å². The minimum absolute atomic E-state index is 0.505. The van der Waals surface area contributed by atoms with Gasteiger partial charge in [-0.05, 0) is 26.0 Å². The van der Waals surface area contributed by atoms with Crippen LogP contribution in [-0.4, -0.2) is 32.3 Å². The molecule has 1 saturated heterocycles. The lowest BCUT2D eigenvalue weighted by Gasteiger charge is -2.39. The fourth-order valence-electron chi connectivity index (χ4n) is 2.21. The summed E-state index contributed by atoms with van der Waals surface area (Å²) < 4.78 is 6.38. The van der Waals surface area contributed by atoms with Gasteiger partial charge in [-0.15, -0.1) is 0 Å². The van der Waals surface area contributed by atoms with Crippen LogP contribution in [0.2, 0.25) is 0 Å². The van der Waals surface area contributed by atoms with Gasteiger partial charge in [0.1, 0.15) is 5.75 Å². The lowest BCUT2D eigenvalue weighted by atomic mass is 10.1. The fraction of sp³-hybridized carbons (Fsp3) is 0.538. The number of benzene rings is 1. The van der Waals surface area contributed by atoms with Gasteiger partial charge >= 0.3 is 0 Å². The minimum atomic E-state index is 0.505. The summed E-state index contributed by atoms with van der Waals surface area (Å²) in [5.74, 6) is 0.896. The van der Waals surface area contributed by atoms with Crippen LogP contribution in [0, 0.1) is 0 Å². The van der Waals surface area contributed by atoms with Crippen molar-refractivity contribution in [2.24, 2.45) is 0 Å². The van der Waals surface area contributed by atoms with E-state index in [1.165, 1.54) is 5.69 Å². The van der Waals surface area contributed by atoms with Crippen LogP contribution in [0.15, 0.2) is 22.7 Å². The molecule has 0 spiro atoms. The quantitative estimate of drug-likeness (QED) is 0.908. The zero-order chi connectivity index (χ0) is 12.4. The monoisotopic (exact) mass is 298 g/mol. The highest BCUT2D eigenvalue weighted by molar-refractivity contribution is 9.10. The first kappa shape index (κ1) is 12.7. The van der Waals surface area contributed by atoms with Crippen LogP contribution in [0.1, 0.15) is 13.8 Å². The third kappa shape index (κ3) is 2.93. The van der Waals surface area contributed by atoms with Crippen molar-refractivity contribution in [2.45, 2.75) is 25.9 Å². The molecule has 17 heavy (non-hydrogen) atoms. The molecule has 1 aromatic carbocycles. The van der Waals surface area contributed by atoms with E-state index in [1.54, 1.807) is 7.11 Å². The molecule has 94 valence electrons.